The average molecular weight is 275 g/mol. The van der Waals surface area contributed by atoms with Crippen molar-refractivity contribution in [2.45, 2.75) is 32.8 Å². The Balaban J connectivity index is 1.84. The van der Waals surface area contributed by atoms with E-state index >= 15 is 0 Å². The van der Waals surface area contributed by atoms with Crippen LogP contribution < -0.4 is 0 Å². The summed E-state index contributed by atoms with van der Waals surface area (Å²) in [5.74, 6) is 0.676. The molecular formula is C17H25NO2. The number of carbonyl (C=O) groups excluding carboxylic acids is 1. The van der Waals surface area contributed by atoms with Gasteiger partial charge in [0.05, 0.1) is 6.10 Å². The van der Waals surface area contributed by atoms with Gasteiger partial charge in [0.25, 0.3) is 0 Å². The van der Waals surface area contributed by atoms with Gasteiger partial charge in [-0.15, -0.1) is 0 Å². The lowest BCUT2D eigenvalue weighted by molar-refractivity contribution is 0.0635. The Hall–Kier alpha value is -1.19. The zero-order chi connectivity index (χ0) is 14.5. The first-order chi connectivity index (χ1) is 9.58. The molecule has 0 bridgehead atoms. The summed E-state index contributed by atoms with van der Waals surface area (Å²) in [5.41, 5.74) is 0.805. The van der Waals surface area contributed by atoms with Crippen LogP contribution in [0.4, 0.5) is 0 Å². The molecule has 0 radical (unpaired) electrons. The molecule has 0 aromatic heterocycles. The van der Waals surface area contributed by atoms with Gasteiger partial charge in [0.2, 0.25) is 0 Å². The third kappa shape index (κ3) is 3.90. The molecule has 0 spiro atoms. The summed E-state index contributed by atoms with van der Waals surface area (Å²) < 4.78 is 0. The highest BCUT2D eigenvalue weighted by Crippen LogP contribution is 2.21. The Kier molecular flexibility index (Phi) is 5.32. The molecule has 3 nitrogen and oxygen atoms in total. The topological polar surface area (TPSA) is 40.5 Å². The van der Waals surface area contributed by atoms with E-state index in [1.807, 2.05) is 44.2 Å². The van der Waals surface area contributed by atoms with Crippen molar-refractivity contribution in [3.63, 3.8) is 0 Å². The van der Waals surface area contributed by atoms with Crippen LogP contribution >= 0.6 is 0 Å². The summed E-state index contributed by atoms with van der Waals surface area (Å²) in [5, 5.41) is 9.61. The molecule has 3 heteroatoms. The van der Waals surface area contributed by atoms with Gasteiger partial charge >= 0.3 is 0 Å². The Labute approximate surface area is 121 Å². The first kappa shape index (κ1) is 15.2. The van der Waals surface area contributed by atoms with Crippen LogP contribution in [-0.4, -0.2) is 41.5 Å². The van der Waals surface area contributed by atoms with Crippen LogP contribution in [0.3, 0.4) is 0 Å². The van der Waals surface area contributed by atoms with Crippen molar-refractivity contribution in [2.24, 2.45) is 11.8 Å². The van der Waals surface area contributed by atoms with Crippen molar-refractivity contribution in [1.29, 1.82) is 0 Å². The molecule has 1 aromatic rings. The highest BCUT2D eigenvalue weighted by atomic mass is 16.3. The van der Waals surface area contributed by atoms with Crippen molar-refractivity contribution in [1.82, 2.24) is 4.90 Å². The molecule has 0 aliphatic carbocycles. The van der Waals surface area contributed by atoms with Crippen LogP contribution in [0.2, 0.25) is 0 Å². The van der Waals surface area contributed by atoms with Crippen LogP contribution in [0.15, 0.2) is 30.3 Å². The van der Waals surface area contributed by atoms with Gasteiger partial charge in [0.1, 0.15) is 0 Å². The van der Waals surface area contributed by atoms with Crippen molar-refractivity contribution in [3.05, 3.63) is 35.9 Å². The molecule has 2 atom stereocenters. The van der Waals surface area contributed by atoms with E-state index in [0.717, 1.165) is 38.0 Å². The van der Waals surface area contributed by atoms with Crippen LogP contribution in [0, 0.1) is 11.8 Å². The summed E-state index contributed by atoms with van der Waals surface area (Å²) in [4.78, 5) is 14.7. The molecule has 1 saturated heterocycles. The largest absolute Gasteiger partial charge is 0.393 e. The molecule has 110 valence electrons. The van der Waals surface area contributed by atoms with Gasteiger partial charge in [-0.3, -0.25) is 4.79 Å². The molecule has 1 aromatic carbocycles. The second-order valence-electron chi connectivity index (χ2n) is 6.01. The van der Waals surface area contributed by atoms with E-state index in [2.05, 4.69) is 4.90 Å². The van der Waals surface area contributed by atoms with E-state index in [4.69, 9.17) is 0 Å². The molecule has 1 aliphatic rings. The van der Waals surface area contributed by atoms with Crippen molar-refractivity contribution in [2.75, 3.05) is 19.6 Å². The summed E-state index contributed by atoms with van der Waals surface area (Å²) in [6, 6.07) is 9.53. The van der Waals surface area contributed by atoms with Gasteiger partial charge in [-0.05, 0) is 38.8 Å². The van der Waals surface area contributed by atoms with E-state index in [1.54, 1.807) is 0 Å². The van der Waals surface area contributed by atoms with Crippen molar-refractivity contribution >= 4 is 5.78 Å². The minimum absolute atomic E-state index is 0.0282. The second kappa shape index (κ2) is 7.00. The van der Waals surface area contributed by atoms with Crippen LogP contribution in [0.1, 0.15) is 37.0 Å². The molecule has 1 heterocycles. The highest BCUT2D eigenvalue weighted by Gasteiger charge is 2.25. The molecule has 0 amide bonds. The first-order valence-corrected chi connectivity index (χ1v) is 7.57. The number of carbonyl (C=O) groups is 1. The van der Waals surface area contributed by atoms with E-state index in [0.29, 0.717) is 5.92 Å². The normalized spacial score (nSPS) is 20.6. The fourth-order valence-electron chi connectivity index (χ4n) is 2.98. The molecule has 2 rings (SSSR count). The van der Waals surface area contributed by atoms with Gasteiger partial charge < -0.3 is 10.0 Å². The van der Waals surface area contributed by atoms with E-state index < -0.39 is 0 Å². The minimum atomic E-state index is -0.208. The fourth-order valence-corrected chi connectivity index (χ4v) is 2.98. The number of hydrogen-bond acceptors (Lipinski definition) is 3. The lowest BCUT2D eigenvalue weighted by atomic mass is 9.91. The van der Waals surface area contributed by atoms with Gasteiger partial charge in [0.15, 0.2) is 5.78 Å². The number of hydrogen-bond donors (Lipinski definition) is 1. The molecule has 1 aliphatic heterocycles. The van der Waals surface area contributed by atoms with Crippen molar-refractivity contribution < 1.29 is 9.90 Å². The SMILES string of the molecule is CC(CN1CCC(C(C)O)CC1)C(=O)c1ccccc1. The lowest BCUT2D eigenvalue weighted by Crippen LogP contribution is -2.40. The van der Waals surface area contributed by atoms with Gasteiger partial charge in [-0.2, -0.15) is 0 Å². The summed E-state index contributed by atoms with van der Waals surface area (Å²) >= 11 is 0. The van der Waals surface area contributed by atoms with Crippen LogP contribution in [-0.2, 0) is 0 Å². The molecular weight excluding hydrogens is 250 g/mol. The number of ketones is 1. The number of benzene rings is 1. The summed E-state index contributed by atoms with van der Waals surface area (Å²) in [6.45, 7) is 6.68. The minimum Gasteiger partial charge on any atom is -0.393 e. The van der Waals surface area contributed by atoms with Crippen LogP contribution in [0.5, 0.6) is 0 Å². The third-order valence-electron chi connectivity index (χ3n) is 4.35. The van der Waals surface area contributed by atoms with E-state index in [9.17, 15) is 9.90 Å². The van der Waals surface area contributed by atoms with E-state index in [-0.39, 0.29) is 17.8 Å². The molecule has 2 unspecified atom stereocenters. The predicted molar refractivity (Wildman–Crippen MR) is 80.8 cm³/mol. The van der Waals surface area contributed by atoms with Crippen LogP contribution in [0.25, 0.3) is 0 Å². The Morgan fingerprint density at radius 3 is 2.40 bits per heavy atom. The summed E-state index contributed by atoms with van der Waals surface area (Å²) in [7, 11) is 0. The Morgan fingerprint density at radius 1 is 1.25 bits per heavy atom. The number of aliphatic hydroxyl groups excluding tert-OH is 1. The second-order valence-corrected chi connectivity index (χ2v) is 6.01. The fraction of sp³-hybridized carbons (Fsp3) is 0.588. The molecule has 20 heavy (non-hydrogen) atoms. The standard InChI is InChI=1S/C17H25NO2/c1-13(17(20)16-6-4-3-5-7-16)12-18-10-8-15(9-11-18)14(2)19/h3-7,13-15,19H,8-12H2,1-2H3. The number of piperidine rings is 1. The number of nitrogens with zero attached hydrogens (tertiary/aromatic N) is 1. The highest BCUT2D eigenvalue weighted by molar-refractivity contribution is 5.97. The number of likely N-dealkylation sites (tertiary alicyclic amines) is 1. The maximum atomic E-state index is 12.3. The van der Waals surface area contributed by atoms with Gasteiger partial charge in [0, 0.05) is 18.0 Å². The maximum absolute atomic E-state index is 12.3. The van der Waals surface area contributed by atoms with Crippen molar-refractivity contribution in [3.8, 4) is 0 Å². The molecule has 1 N–H and O–H groups in total. The Bertz CT molecular complexity index is 422. The molecule has 0 saturated carbocycles. The maximum Gasteiger partial charge on any atom is 0.166 e. The average Bonchev–Trinajstić information content (AvgIpc) is 2.48. The summed E-state index contributed by atoms with van der Waals surface area (Å²) in [6.07, 6.45) is 1.86. The Morgan fingerprint density at radius 2 is 1.85 bits per heavy atom. The monoisotopic (exact) mass is 275 g/mol. The quantitative estimate of drug-likeness (QED) is 0.840. The third-order valence-corrected chi connectivity index (χ3v) is 4.35. The lowest BCUT2D eigenvalue weighted by Gasteiger charge is -2.34. The first-order valence-electron chi connectivity index (χ1n) is 7.57. The number of rotatable bonds is 5. The molecule has 1 fully saturated rings. The zero-order valence-corrected chi connectivity index (χ0v) is 12.5. The number of Topliss-reactive ketones (excluding diaryl/α,β-unsaturated/α-hetero) is 1. The predicted octanol–water partition coefficient (Wildman–Crippen LogP) is 2.60. The van der Waals surface area contributed by atoms with Gasteiger partial charge in [-0.1, -0.05) is 37.3 Å². The number of aliphatic hydroxyl groups is 1. The smallest absolute Gasteiger partial charge is 0.166 e. The van der Waals surface area contributed by atoms with E-state index in [1.165, 1.54) is 0 Å². The van der Waals surface area contributed by atoms with Gasteiger partial charge in [-0.25, -0.2) is 0 Å². The zero-order valence-electron chi connectivity index (χ0n) is 12.5.